The minimum atomic E-state index is 0.767. The van der Waals surface area contributed by atoms with E-state index in [9.17, 15) is 0 Å². The van der Waals surface area contributed by atoms with Crippen LogP contribution in [0.1, 0.15) is 16.3 Å². The van der Waals surface area contributed by atoms with Crippen LogP contribution in [0.4, 0.5) is 5.82 Å². The summed E-state index contributed by atoms with van der Waals surface area (Å²) in [6, 6.07) is 1.94. The number of aromatic nitrogens is 4. The number of hydrogen-bond donors (Lipinski definition) is 1. The number of rotatable bonds is 6. The van der Waals surface area contributed by atoms with Gasteiger partial charge in [-0.1, -0.05) is 0 Å². The molecule has 0 saturated carbocycles. The Morgan fingerprint density at radius 2 is 2.08 bits per heavy atom. The first-order valence-electron chi connectivity index (χ1n) is 8.99. The van der Waals surface area contributed by atoms with E-state index in [4.69, 9.17) is 14.7 Å². The Morgan fingerprint density at radius 1 is 1.23 bits per heavy atom. The Kier molecular flexibility index (Phi) is 5.14. The molecule has 1 fully saturated rings. The van der Waals surface area contributed by atoms with Crippen LogP contribution in [0.25, 0.3) is 10.2 Å². The Labute approximate surface area is 157 Å². The molecule has 8 heteroatoms. The second kappa shape index (κ2) is 7.69. The van der Waals surface area contributed by atoms with E-state index in [0.717, 1.165) is 67.8 Å². The molecular weight excluding hydrogens is 348 g/mol. The van der Waals surface area contributed by atoms with Crippen molar-refractivity contribution in [2.75, 3.05) is 38.2 Å². The summed E-state index contributed by atoms with van der Waals surface area (Å²) in [7, 11) is 0. The topological polar surface area (TPSA) is 68.1 Å². The molecular formula is C18H24N6OS. The molecule has 3 aromatic heterocycles. The van der Waals surface area contributed by atoms with Crippen LogP contribution in [-0.4, -0.2) is 57.5 Å². The summed E-state index contributed by atoms with van der Waals surface area (Å²) in [4.78, 5) is 14.4. The molecule has 0 bridgehead atoms. The molecule has 0 unspecified atom stereocenters. The normalized spacial score (nSPS) is 15.6. The van der Waals surface area contributed by atoms with Crippen molar-refractivity contribution < 1.29 is 4.74 Å². The summed E-state index contributed by atoms with van der Waals surface area (Å²) in [5.74, 6) is 1.81. The Bertz CT molecular complexity index is 870. The van der Waals surface area contributed by atoms with Crippen molar-refractivity contribution in [3.05, 3.63) is 34.7 Å². The fourth-order valence-electron chi connectivity index (χ4n) is 3.17. The first kappa shape index (κ1) is 17.4. The lowest BCUT2D eigenvalue weighted by Crippen LogP contribution is -2.36. The Hall–Kier alpha value is -2.03. The zero-order chi connectivity index (χ0) is 17.9. The van der Waals surface area contributed by atoms with Gasteiger partial charge in [-0.05, 0) is 25.5 Å². The summed E-state index contributed by atoms with van der Waals surface area (Å²) in [6.45, 7) is 10.1. The molecule has 1 saturated heterocycles. The van der Waals surface area contributed by atoms with Gasteiger partial charge in [-0.3, -0.25) is 9.58 Å². The highest BCUT2D eigenvalue weighted by molar-refractivity contribution is 7.18. The summed E-state index contributed by atoms with van der Waals surface area (Å²) >= 11 is 1.75. The standard InChI is InChI=1S/C18H24N6OS/c1-13-14(2)26-18-16(13)17(19-5-7-24-6-3-4-20-24)21-15(22-18)12-23-8-10-25-11-9-23/h3-4,6H,5,7-12H2,1-2H3,(H,19,21,22). The highest BCUT2D eigenvalue weighted by Crippen LogP contribution is 2.33. The van der Waals surface area contributed by atoms with Gasteiger partial charge in [0.1, 0.15) is 16.5 Å². The number of ether oxygens (including phenoxy) is 1. The Morgan fingerprint density at radius 3 is 2.85 bits per heavy atom. The van der Waals surface area contributed by atoms with Crippen molar-refractivity contribution in [1.82, 2.24) is 24.6 Å². The quantitative estimate of drug-likeness (QED) is 0.717. The lowest BCUT2D eigenvalue weighted by Gasteiger charge is -2.25. The predicted octanol–water partition coefficient (Wildman–Crippen LogP) is 2.45. The van der Waals surface area contributed by atoms with E-state index in [1.165, 1.54) is 10.4 Å². The molecule has 3 aromatic rings. The van der Waals surface area contributed by atoms with Gasteiger partial charge in [0.15, 0.2) is 0 Å². The van der Waals surface area contributed by atoms with Crippen LogP contribution in [0.3, 0.4) is 0 Å². The number of aryl methyl sites for hydroxylation is 2. The third-order valence-electron chi connectivity index (χ3n) is 4.74. The third-order valence-corrected chi connectivity index (χ3v) is 5.84. The molecule has 0 amide bonds. The van der Waals surface area contributed by atoms with Gasteiger partial charge in [0, 0.05) is 36.9 Å². The van der Waals surface area contributed by atoms with Gasteiger partial charge in [0.05, 0.1) is 31.7 Å². The number of morpholine rings is 1. The second-order valence-corrected chi connectivity index (χ2v) is 7.74. The van der Waals surface area contributed by atoms with Gasteiger partial charge in [-0.15, -0.1) is 11.3 Å². The van der Waals surface area contributed by atoms with Crippen LogP contribution in [0.15, 0.2) is 18.5 Å². The van der Waals surface area contributed by atoms with E-state index in [0.29, 0.717) is 0 Å². The minimum Gasteiger partial charge on any atom is -0.379 e. The summed E-state index contributed by atoms with van der Waals surface area (Å²) in [5, 5.41) is 8.91. The van der Waals surface area contributed by atoms with E-state index in [1.54, 1.807) is 17.5 Å². The molecule has 1 aliphatic heterocycles. The van der Waals surface area contributed by atoms with Crippen LogP contribution in [0.5, 0.6) is 0 Å². The molecule has 7 nitrogen and oxygen atoms in total. The van der Waals surface area contributed by atoms with E-state index in [1.807, 2.05) is 16.9 Å². The van der Waals surface area contributed by atoms with E-state index < -0.39 is 0 Å². The summed E-state index contributed by atoms with van der Waals surface area (Å²) < 4.78 is 7.36. The van der Waals surface area contributed by atoms with Crippen LogP contribution >= 0.6 is 11.3 Å². The van der Waals surface area contributed by atoms with Gasteiger partial charge in [-0.25, -0.2) is 9.97 Å². The van der Waals surface area contributed by atoms with Crippen LogP contribution in [0, 0.1) is 13.8 Å². The average molecular weight is 372 g/mol. The van der Waals surface area contributed by atoms with Crippen molar-refractivity contribution in [3.8, 4) is 0 Å². The molecule has 0 atom stereocenters. The van der Waals surface area contributed by atoms with Gasteiger partial charge < -0.3 is 10.1 Å². The molecule has 0 radical (unpaired) electrons. The maximum Gasteiger partial charge on any atom is 0.146 e. The van der Waals surface area contributed by atoms with Crippen molar-refractivity contribution in [2.24, 2.45) is 0 Å². The van der Waals surface area contributed by atoms with Crippen molar-refractivity contribution in [2.45, 2.75) is 26.9 Å². The zero-order valence-electron chi connectivity index (χ0n) is 15.2. The van der Waals surface area contributed by atoms with E-state index >= 15 is 0 Å². The number of fused-ring (bicyclic) bond motifs is 1. The zero-order valence-corrected chi connectivity index (χ0v) is 16.1. The first-order chi connectivity index (χ1) is 12.7. The highest BCUT2D eigenvalue weighted by Gasteiger charge is 2.17. The van der Waals surface area contributed by atoms with Crippen LogP contribution in [0.2, 0.25) is 0 Å². The van der Waals surface area contributed by atoms with Crippen molar-refractivity contribution in [3.63, 3.8) is 0 Å². The summed E-state index contributed by atoms with van der Waals surface area (Å²) in [5.41, 5.74) is 1.27. The minimum absolute atomic E-state index is 0.767. The SMILES string of the molecule is Cc1sc2nc(CN3CCOCC3)nc(NCCn3cccn3)c2c1C. The maximum atomic E-state index is 5.44. The molecule has 26 heavy (non-hydrogen) atoms. The third kappa shape index (κ3) is 3.72. The number of thiophene rings is 1. The first-order valence-corrected chi connectivity index (χ1v) is 9.80. The number of hydrogen-bond acceptors (Lipinski definition) is 7. The van der Waals surface area contributed by atoms with Crippen molar-refractivity contribution in [1.29, 1.82) is 0 Å². The van der Waals surface area contributed by atoms with Gasteiger partial charge >= 0.3 is 0 Å². The predicted molar refractivity (Wildman–Crippen MR) is 104 cm³/mol. The molecule has 0 aliphatic carbocycles. The highest BCUT2D eigenvalue weighted by atomic mass is 32.1. The maximum absolute atomic E-state index is 5.44. The fraction of sp³-hybridized carbons (Fsp3) is 0.500. The number of anilines is 1. The average Bonchev–Trinajstić information content (AvgIpc) is 3.24. The Balaban J connectivity index is 1.57. The molecule has 1 N–H and O–H groups in total. The van der Waals surface area contributed by atoms with Crippen molar-refractivity contribution >= 4 is 27.4 Å². The van der Waals surface area contributed by atoms with E-state index in [2.05, 4.69) is 29.2 Å². The molecule has 4 heterocycles. The monoisotopic (exact) mass is 372 g/mol. The number of nitrogens with one attached hydrogen (secondary N) is 1. The van der Waals surface area contributed by atoms with Gasteiger partial charge in [0.2, 0.25) is 0 Å². The van der Waals surface area contributed by atoms with Crippen LogP contribution < -0.4 is 5.32 Å². The largest absolute Gasteiger partial charge is 0.379 e. The van der Waals surface area contributed by atoms with Crippen LogP contribution in [-0.2, 0) is 17.8 Å². The molecule has 0 aromatic carbocycles. The second-order valence-electron chi connectivity index (χ2n) is 6.54. The fourth-order valence-corrected chi connectivity index (χ4v) is 4.22. The van der Waals surface area contributed by atoms with Gasteiger partial charge in [-0.2, -0.15) is 5.10 Å². The van der Waals surface area contributed by atoms with E-state index in [-0.39, 0.29) is 0 Å². The lowest BCUT2D eigenvalue weighted by molar-refractivity contribution is 0.0331. The smallest absolute Gasteiger partial charge is 0.146 e. The summed E-state index contributed by atoms with van der Waals surface area (Å²) in [6.07, 6.45) is 3.77. The lowest BCUT2D eigenvalue weighted by atomic mass is 10.2. The molecule has 0 spiro atoms. The van der Waals surface area contributed by atoms with Gasteiger partial charge in [0.25, 0.3) is 0 Å². The molecule has 1 aliphatic rings. The molecule has 138 valence electrons. The number of nitrogens with zero attached hydrogens (tertiary/aromatic N) is 5. The molecule has 4 rings (SSSR count).